The Hall–Kier alpha value is -0.610. The molecule has 0 spiro atoms. The molecule has 0 aliphatic carbocycles. The zero-order chi connectivity index (χ0) is 9.26. The van der Waals surface area contributed by atoms with Crippen LogP contribution in [0.15, 0.2) is 34.0 Å². The first-order chi connectivity index (χ1) is 6.29. The zero-order valence-corrected chi connectivity index (χ0v) is 9.39. The first-order valence-electron chi connectivity index (χ1n) is 3.76. The van der Waals surface area contributed by atoms with Gasteiger partial charge in [-0.15, -0.1) is 0 Å². The molecule has 0 bridgehead atoms. The van der Waals surface area contributed by atoms with Gasteiger partial charge in [0.15, 0.2) is 5.16 Å². The molecule has 0 aliphatic heterocycles. The number of benzene rings is 1. The highest BCUT2D eigenvalue weighted by Crippen LogP contribution is 2.19. The molecule has 4 heteroatoms. The van der Waals surface area contributed by atoms with Crippen LogP contribution in [0.2, 0.25) is 0 Å². The Labute approximate surface area is 88.9 Å². The number of fused-ring (bicyclic) bond motifs is 1. The van der Waals surface area contributed by atoms with E-state index in [-0.39, 0.29) is 0 Å². The van der Waals surface area contributed by atoms with Gasteiger partial charge in [0.05, 0.1) is 5.52 Å². The van der Waals surface area contributed by atoms with Gasteiger partial charge in [0, 0.05) is 16.1 Å². The Morgan fingerprint density at radius 3 is 3.00 bits per heavy atom. The van der Waals surface area contributed by atoms with Crippen LogP contribution in [0.3, 0.4) is 0 Å². The van der Waals surface area contributed by atoms with Crippen molar-refractivity contribution in [3.8, 4) is 0 Å². The highest BCUT2D eigenvalue weighted by atomic mass is 79.9. The molecule has 1 heterocycles. The second-order valence-electron chi connectivity index (χ2n) is 2.56. The van der Waals surface area contributed by atoms with Crippen LogP contribution in [0.25, 0.3) is 10.9 Å². The van der Waals surface area contributed by atoms with Gasteiger partial charge in [-0.1, -0.05) is 27.7 Å². The van der Waals surface area contributed by atoms with Gasteiger partial charge in [-0.05, 0) is 24.5 Å². The standard InChI is InChI=1S/C9H7BrN2S/c1-13-9-11-5-6-4-7(10)2-3-8(6)12-9/h2-5H,1H3. The Morgan fingerprint density at radius 1 is 1.38 bits per heavy atom. The maximum absolute atomic E-state index is 4.37. The molecule has 0 N–H and O–H groups in total. The minimum absolute atomic E-state index is 0.815. The Morgan fingerprint density at radius 2 is 2.23 bits per heavy atom. The molecule has 1 aromatic carbocycles. The largest absolute Gasteiger partial charge is 0.230 e. The lowest BCUT2D eigenvalue weighted by molar-refractivity contribution is 1.01. The van der Waals surface area contributed by atoms with Gasteiger partial charge in [-0.2, -0.15) is 0 Å². The monoisotopic (exact) mass is 254 g/mol. The fraction of sp³-hybridized carbons (Fsp3) is 0.111. The summed E-state index contributed by atoms with van der Waals surface area (Å²) >= 11 is 4.96. The third-order valence-electron chi connectivity index (χ3n) is 1.70. The van der Waals surface area contributed by atoms with Crippen molar-refractivity contribution in [1.82, 2.24) is 9.97 Å². The number of nitrogens with zero attached hydrogens (tertiary/aromatic N) is 2. The smallest absolute Gasteiger partial charge is 0.187 e. The number of hydrogen-bond acceptors (Lipinski definition) is 3. The second-order valence-corrected chi connectivity index (χ2v) is 4.25. The van der Waals surface area contributed by atoms with E-state index in [1.165, 1.54) is 0 Å². The fourth-order valence-corrected chi connectivity index (χ4v) is 1.81. The van der Waals surface area contributed by atoms with Gasteiger partial charge in [0.25, 0.3) is 0 Å². The summed E-state index contributed by atoms with van der Waals surface area (Å²) in [6.07, 6.45) is 3.82. The summed E-state index contributed by atoms with van der Waals surface area (Å²) < 4.78 is 1.06. The van der Waals surface area contributed by atoms with Crippen LogP contribution < -0.4 is 0 Å². The Bertz CT molecular complexity index is 445. The summed E-state index contributed by atoms with van der Waals surface area (Å²) in [7, 11) is 0. The summed E-state index contributed by atoms with van der Waals surface area (Å²) in [6.45, 7) is 0. The van der Waals surface area contributed by atoms with Crippen molar-refractivity contribution < 1.29 is 0 Å². The molecule has 0 unspecified atom stereocenters. The van der Waals surface area contributed by atoms with Gasteiger partial charge in [-0.3, -0.25) is 0 Å². The first-order valence-corrected chi connectivity index (χ1v) is 5.77. The molecule has 1 aromatic heterocycles. The lowest BCUT2D eigenvalue weighted by atomic mass is 10.2. The Kier molecular flexibility index (Phi) is 2.51. The van der Waals surface area contributed by atoms with Gasteiger partial charge < -0.3 is 0 Å². The molecule has 0 aliphatic rings. The highest BCUT2D eigenvalue weighted by molar-refractivity contribution is 9.10. The quantitative estimate of drug-likeness (QED) is 0.578. The van der Waals surface area contributed by atoms with Crippen molar-refractivity contribution in [1.29, 1.82) is 0 Å². The van der Waals surface area contributed by atoms with E-state index in [4.69, 9.17) is 0 Å². The zero-order valence-electron chi connectivity index (χ0n) is 6.99. The van der Waals surface area contributed by atoms with E-state index in [9.17, 15) is 0 Å². The maximum Gasteiger partial charge on any atom is 0.187 e. The fourth-order valence-electron chi connectivity index (χ4n) is 1.09. The van der Waals surface area contributed by atoms with E-state index in [2.05, 4.69) is 25.9 Å². The molecule has 66 valence electrons. The molecule has 0 saturated carbocycles. The SMILES string of the molecule is CSc1ncc2cc(Br)ccc2n1. The van der Waals surface area contributed by atoms with E-state index in [1.54, 1.807) is 11.8 Å². The first kappa shape index (κ1) is 8.97. The second kappa shape index (κ2) is 3.64. The molecule has 2 aromatic rings. The number of aromatic nitrogens is 2. The number of hydrogen-bond donors (Lipinski definition) is 0. The topological polar surface area (TPSA) is 25.8 Å². The van der Waals surface area contributed by atoms with Crippen LogP contribution in [0.1, 0.15) is 0 Å². The van der Waals surface area contributed by atoms with Crippen LogP contribution in [0, 0.1) is 0 Å². The molecule has 2 nitrogen and oxygen atoms in total. The van der Waals surface area contributed by atoms with Crippen LogP contribution in [0.5, 0.6) is 0 Å². The average Bonchev–Trinajstić information content (AvgIpc) is 2.17. The van der Waals surface area contributed by atoms with Gasteiger partial charge in [-0.25, -0.2) is 9.97 Å². The minimum Gasteiger partial charge on any atom is -0.230 e. The van der Waals surface area contributed by atoms with Crippen molar-refractivity contribution in [3.05, 3.63) is 28.9 Å². The summed E-state index contributed by atoms with van der Waals surface area (Å²) in [5, 5.41) is 1.88. The van der Waals surface area contributed by atoms with Crippen LogP contribution in [0.4, 0.5) is 0 Å². The summed E-state index contributed by atoms with van der Waals surface area (Å²) in [5.41, 5.74) is 0.988. The molecule has 0 radical (unpaired) electrons. The highest BCUT2D eigenvalue weighted by Gasteiger charge is 1.98. The van der Waals surface area contributed by atoms with Crippen molar-refractivity contribution in [2.75, 3.05) is 6.26 Å². The molecule has 2 rings (SSSR count). The van der Waals surface area contributed by atoms with Crippen LogP contribution >= 0.6 is 27.7 Å². The molecule has 0 fully saturated rings. The van der Waals surface area contributed by atoms with E-state index in [1.807, 2.05) is 30.7 Å². The maximum atomic E-state index is 4.37. The number of halogens is 1. The predicted molar refractivity (Wildman–Crippen MR) is 59.0 cm³/mol. The van der Waals surface area contributed by atoms with Crippen LogP contribution in [-0.4, -0.2) is 16.2 Å². The lowest BCUT2D eigenvalue weighted by Crippen LogP contribution is -1.86. The van der Waals surface area contributed by atoms with E-state index in [0.29, 0.717) is 0 Å². The van der Waals surface area contributed by atoms with Crippen molar-refractivity contribution in [2.24, 2.45) is 0 Å². The number of thioether (sulfide) groups is 1. The van der Waals surface area contributed by atoms with E-state index in [0.717, 1.165) is 20.5 Å². The van der Waals surface area contributed by atoms with Gasteiger partial charge in [0.2, 0.25) is 0 Å². The minimum atomic E-state index is 0.815. The van der Waals surface area contributed by atoms with Gasteiger partial charge in [0.1, 0.15) is 0 Å². The normalized spacial score (nSPS) is 10.6. The molecule has 0 amide bonds. The van der Waals surface area contributed by atoms with E-state index < -0.39 is 0 Å². The van der Waals surface area contributed by atoms with E-state index >= 15 is 0 Å². The average molecular weight is 255 g/mol. The molecule has 0 saturated heterocycles. The summed E-state index contributed by atoms with van der Waals surface area (Å²) in [6, 6.07) is 5.99. The molecule has 13 heavy (non-hydrogen) atoms. The van der Waals surface area contributed by atoms with Crippen molar-refractivity contribution in [2.45, 2.75) is 5.16 Å². The molecular weight excluding hydrogens is 248 g/mol. The van der Waals surface area contributed by atoms with Crippen molar-refractivity contribution >= 4 is 38.6 Å². The van der Waals surface area contributed by atoms with Crippen molar-refractivity contribution in [3.63, 3.8) is 0 Å². The summed E-state index contributed by atoms with van der Waals surface area (Å²) in [4.78, 5) is 8.56. The summed E-state index contributed by atoms with van der Waals surface area (Å²) in [5.74, 6) is 0. The predicted octanol–water partition coefficient (Wildman–Crippen LogP) is 3.11. The van der Waals surface area contributed by atoms with Gasteiger partial charge >= 0.3 is 0 Å². The third kappa shape index (κ3) is 1.84. The number of rotatable bonds is 1. The third-order valence-corrected chi connectivity index (χ3v) is 2.76. The van der Waals surface area contributed by atoms with Crippen LogP contribution in [-0.2, 0) is 0 Å². The molecular formula is C9H7BrN2S. The molecule has 0 atom stereocenters. The Balaban J connectivity index is 2.66. The lowest BCUT2D eigenvalue weighted by Gasteiger charge is -1.98.